The minimum Gasteiger partial charge on any atom is -0.494 e. The molecule has 0 saturated heterocycles. The third kappa shape index (κ3) is 24.3. The van der Waals surface area contributed by atoms with Crippen molar-refractivity contribution < 1.29 is 73.4 Å². The number of nitrogens with one attached hydrogen (secondary N) is 8. The van der Waals surface area contributed by atoms with Crippen molar-refractivity contribution in [3.8, 4) is 23.5 Å². The van der Waals surface area contributed by atoms with Crippen molar-refractivity contribution in [3.63, 3.8) is 0 Å². The molecule has 5 rings (SSSR count). The summed E-state index contributed by atoms with van der Waals surface area (Å²) < 4.78 is 12.7. The number of thioether (sulfide) groups is 3. The highest BCUT2D eigenvalue weighted by molar-refractivity contribution is 8.00. The molecule has 3 aromatic carbocycles. The van der Waals surface area contributed by atoms with E-state index in [4.69, 9.17) is 9.47 Å². The van der Waals surface area contributed by atoms with Crippen LogP contribution in [0, 0.1) is 0 Å². The molecule has 0 bridgehead atoms. The van der Waals surface area contributed by atoms with Crippen LogP contribution in [0.25, 0.3) is 0 Å². The number of benzene rings is 3. The average Bonchev–Trinajstić information content (AvgIpc) is 1.04. The summed E-state index contributed by atoms with van der Waals surface area (Å²) in [5.41, 5.74) is 2.85. The van der Waals surface area contributed by atoms with E-state index >= 15 is 0 Å². The summed E-state index contributed by atoms with van der Waals surface area (Å²) in [6.45, 7) is 7.25. The maximum absolute atomic E-state index is 13.7. The van der Waals surface area contributed by atoms with Gasteiger partial charge in [0.25, 0.3) is 0 Å². The van der Waals surface area contributed by atoms with E-state index in [1.165, 1.54) is 47.1 Å². The van der Waals surface area contributed by atoms with Crippen molar-refractivity contribution in [3.05, 3.63) is 120 Å². The Morgan fingerprint density at radius 2 is 1.02 bits per heavy atom. The maximum atomic E-state index is 13.7. The molecule has 4 atom stereocenters. The van der Waals surface area contributed by atoms with E-state index in [1.54, 1.807) is 20.8 Å². The van der Waals surface area contributed by atoms with Gasteiger partial charge in [0.1, 0.15) is 18.1 Å². The average molecular weight is 1330 g/mol. The summed E-state index contributed by atoms with van der Waals surface area (Å²) >= 11 is 3.64. The summed E-state index contributed by atoms with van der Waals surface area (Å²) in [7, 11) is 0. The number of carbonyl (C=O) groups is 8. The standard InChI is InChI=1S/C64H88N10O15S3/c1-5-53(77)66-28-17-16-24-48(61(85)69-43(3)40-90-51-38-57(81)73(62(51)86)31-25-54(78)65-6-2)71-56(80)27-34-88-36-37-89-35-30-68-59(83)49(70-44(4)76)41-91-52-39-58(82)74(63(52)87)32-26-55(79)72-50(60(84)67-29-33-75)42-92-64(45-18-10-7-11-19-45,46-20-12-8-13-21-46)47-22-14-9-15-23-47/h7-15,18-23,38-39,43,48-50,75,81-82,86-87H,5-6,16-17,24-37,40-42H2,1-4H3,(H,65,78)(H,66,77)(H,67,84)(H,68,83)(H,69,85)(H,70,76)(H,71,80)(H,72,79). The molecule has 25 nitrogen and oxygen atoms in total. The van der Waals surface area contributed by atoms with Gasteiger partial charge in [0, 0.05) is 107 Å². The number of carbonyl (C=O) groups excluding carboxylic acids is 8. The third-order valence-electron chi connectivity index (χ3n) is 14.2. The zero-order valence-electron chi connectivity index (χ0n) is 52.4. The summed E-state index contributed by atoms with van der Waals surface area (Å²) in [5.74, 6) is -4.14. The van der Waals surface area contributed by atoms with Gasteiger partial charge < -0.3 is 77.5 Å². The number of nitrogens with zero attached hydrogens (tertiary/aromatic N) is 2. The number of hydrogen-bond donors (Lipinski definition) is 13. The second-order valence-corrected chi connectivity index (χ2v) is 24.6. The van der Waals surface area contributed by atoms with E-state index < -0.39 is 64.4 Å². The number of unbranched alkanes of at least 4 members (excludes halogenated alkanes) is 1. The molecule has 0 fully saturated rings. The Bertz CT molecular complexity index is 3040. The molecule has 4 unspecified atom stereocenters. The van der Waals surface area contributed by atoms with Crippen molar-refractivity contribution in [1.82, 2.24) is 51.7 Å². The predicted molar refractivity (Wildman–Crippen MR) is 352 cm³/mol. The molecule has 0 aliphatic carbocycles. The highest BCUT2D eigenvalue weighted by Crippen LogP contribution is 2.49. The Hall–Kier alpha value is -7.89. The van der Waals surface area contributed by atoms with Gasteiger partial charge in [-0.25, -0.2) is 0 Å². The predicted octanol–water partition coefficient (Wildman–Crippen LogP) is 3.96. The summed E-state index contributed by atoms with van der Waals surface area (Å²) in [6.07, 6.45) is 1.43. The molecule has 28 heteroatoms. The van der Waals surface area contributed by atoms with Crippen LogP contribution in [-0.2, 0) is 65.7 Å². The van der Waals surface area contributed by atoms with Crippen LogP contribution in [0.4, 0.5) is 0 Å². The molecule has 92 heavy (non-hydrogen) atoms. The van der Waals surface area contributed by atoms with Gasteiger partial charge in [-0.3, -0.25) is 47.5 Å². The maximum Gasteiger partial charge on any atom is 0.243 e. The van der Waals surface area contributed by atoms with Crippen molar-refractivity contribution in [1.29, 1.82) is 0 Å². The summed E-state index contributed by atoms with van der Waals surface area (Å²) in [5, 5.41) is 74.8. The lowest BCUT2D eigenvalue weighted by Crippen LogP contribution is -2.49. The molecular formula is C64H88N10O15S3. The van der Waals surface area contributed by atoms with Crippen LogP contribution < -0.4 is 42.5 Å². The topological polar surface area (TPSA) is 362 Å². The fraction of sp³-hybridized carbons (Fsp3) is 0.469. The number of aliphatic hydroxyl groups is 1. The van der Waals surface area contributed by atoms with Gasteiger partial charge in [-0.15, -0.1) is 35.3 Å². The zero-order chi connectivity index (χ0) is 66.8. The van der Waals surface area contributed by atoms with Crippen LogP contribution >= 0.6 is 35.3 Å². The lowest BCUT2D eigenvalue weighted by atomic mass is 9.84. The number of aromatic hydroxyl groups is 4. The Kier molecular flexibility index (Phi) is 32.7. The van der Waals surface area contributed by atoms with Crippen LogP contribution in [-0.4, -0.2) is 183 Å². The lowest BCUT2D eigenvalue weighted by Gasteiger charge is -2.36. The molecule has 8 amide bonds. The van der Waals surface area contributed by atoms with E-state index in [0.717, 1.165) is 33.0 Å². The quantitative estimate of drug-likeness (QED) is 0.0149. The second kappa shape index (κ2) is 40.2. The molecule has 0 aliphatic heterocycles. The molecule has 0 radical (unpaired) electrons. The number of aliphatic hydroxyl groups excluding tert-OH is 1. The number of aromatic nitrogens is 2. The first kappa shape index (κ1) is 74.8. The van der Waals surface area contributed by atoms with Gasteiger partial charge in [-0.2, -0.15) is 0 Å². The van der Waals surface area contributed by atoms with E-state index in [9.17, 15) is 63.9 Å². The van der Waals surface area contributed by atoms with Crippen LogP contribution in [0.3, 0.4) is 0 Å². The van der Waals surface area contributed by atoms with E-state index in [-0.39, 0.29) is 137 Å². The van der Waals surface area contributed by atoms with Gasteiger partial charge in [0.15, 0.2) is 11.8 Å². The molecule has 5 aromatic rings. The Labute approximate surface area is 549 Å². The smallest absolute Gasteiger partial charge is 0.243 e. The van der Waals surface area contributed by atoms with Crippen LogP contribution in [0.2, 0.25) is 0 Å². The lowest BCUT2D eigenvalue weighted by molar-refractivity contribution is -0.130. The van der Waals surface area contributed by atoms with Gasteiger partial charge in [0.2, 0.25) is 59.0 Å². The van der Waals surface area contributed by atoms with Crippen LogP contribution in [0.1, 0.15) is 89.3 Å². The van der Waals surface area contributed by atoms with Crippen LogP contribution in [0.15, 0.2) is 113 Å². The van der Waals surface area contributed by atoms with Crippen molar-refractivity contribution in [2.45, 2.75) is 124 Å². The molecule has 2 heterocycles. The number of amides is 8. The third-order valence-corrected chi connectivity index (χ3v) is 18.2. The largest absolute Gasteiger partial charge is 0.494 e. The van der Waals surface area contributed by atoms with Gasteiger partial charge in [0.05, 0.1) is 47.6 Å². The molecule has 0 saturated carbocycles. The van der Waals surface area contributed by atoms with Gasteiger partial charge >= 0.3 is 0 Å². The fourth-order valence-electron chi connectivity index (χ4n) is 9.52. The Morgan fingerprint density at radius 3 is 1.55 bits per heavy atom. The Balaban J connectivity index is 1.05. The fourth-order valence-corrected chi connectivity index (χ4v) is 13.0. The van der Waals surface area contributed by atoms with Crippen LogP contribution in [0.5, 0.6) is 23.5 Å². The molecular weight excluding hydrogens is 1240 g/mol. The first-order chi connectivity index (χ1) is 44.3. The minimum absolute atomic E-state index is 0.00644. The monoisotopic (exact) mass is 1330 g/mol. The molecule has 0 aliphatic rings. The van der Waals surface area contributed by atoms with Gasteiger partial charge in [-0.1, -0.05) is 97.9 Å². The summed E-state index contributed by atoms with van der Waals surface area (Å²) in [6, 6.07) is 28.7. The molecule has 13 N–H and O–H groups in total. The zero-order valence-corrected chi connectivity index (χ0v) is 54.9. The first-order valence-corrected chi connectivity index (χ1v) is 33.6. The minimum atomic E-state index is -1.07. The molecule has 502 valence electrons. The Morgan fingerprint density at radius 1 is 0.522 bits per heavy atom. The second-order valence-electron chi connectivity index (χ2n) is 21.2. The summed E-state index contributed by atoms with van der Waals surface area (Å²) in [4.78, 5) is 104. The number of hydrogen-bond acceptors (Lipinski definition) is 18. The normalized spacial score (nSPS) is 12.6. The molecule has 2 aromatic heterocycles. The van der Waals surface area contributed by atoms with E-state index in [0.29, 0.717) is 43.0 Å². The van der Waals surface area contributed by atoms with Crippen molar-refractivity contribution in [2.24, 2.45) is 0 Å². The number of ether oxygens (including phenoxy) is 2. The van der Waals surface area contributed by atoms with E-state index in [1.807, 2.05) is 91.0 Å². The SMILES string of the molecule is CCNC(=O)CCn1c(O)cc(SCC(C)NC(=O)C(CCCCNC(=O)CC)NC(=O)CCOCCOCCNC(=O)C(CSc2cc(O)n(CCC(=O)NC(CSC(c3ccccc3)(c3ccccc3)c3ccccc3)C(=O)NCCO)c2O)NC(C)=O)c1O. The van der Waals surface area contributed by atoms with E-state index in [2.05, 4.69) is 42.5 Å². The highest BCUT2D eigenvalue weighted by atomic mass is 32.2. The van der Waals surface area contributed by atoms with Gasteiger partial charge in [-0.05, 0) is 49.8 Å². The van der Waals surface area contributed by atoms with Crippen molar-refractivity contribution >= 4 is 82.5 Å². The highest BCUT2D eigenvalue weighted by Gasteiger charge is 2.39. The number of rotatable bonds is 43. The first-order valence-electron chi connectivity index (χ1n) is 30.6. The molecule has 0 spiro atoms. The van der Waals surface area contributed by atoms with Crippen molar-refractivity contribution in [2.75, 3.05) is 76.5 Å².